The minimum Gasteiger partial charge on any atom is -0.491 e. The van der Waals surface area contributed by atoms with E-state index >= 15 is 0 Å². The molecule has 1 aliphatic rings. The van der Waals surface area contributed by atoms with Crippen molar-refractivity contribution in [3.63, 3.8) is 0 Å². The monoisotopic (exact) mass is 495 g/mol. The van der Waals surface area contributed by atoms with Crippen molar-refractivity contribution in [3.05, 3.63) is 83.3 Å². The lowest BCUT2D eigenvalue weighted by Crippen LogP contribution is -2.47. The third-order valence-electron chi connectivity index (χ3n) is 5.53. The van der Waals surface area contributed by atoms with Crippen molar-refractivity contribution in [3.8, 4) is 11.6 Å². The van der Waals surface area contributed by atoms with Crippen LogP contribution in [0.3, 0.4) is 0 Å². The first-order valence-corrected chi connectivity index (χ1v) is 10.9. The van der Waals surface area contributed by atoms with Gasteiger partial charge in [-0.05, 0) is 17.7 Å². The predicted octanol–water partition coefficient (Wildman–Crippen LogP) is 2.46. The molecule has 36 heavy (non-hydrogen) atoms. The van der Waals surface area contributed by atoms with E-state index in [-0.39, 0.29) is 18.7 Å². The maximum absolute atomic E-state index is 14.3. The molecular weight excluding hydrogens is 473 g/mol. The Morgan fingerprint density at radius 2 is 1.72 bits per heavy atom. The van der Waals surface area contributed by atoms with Crippen LogP contribution in [0, 0.1) is 0 Å². The largest absolute Gasteiger partial charge is 0.491 e. The molecule has 186 valence electrons. The van der Waals surface area contributed by atoms with Gasteiger partial charge in [-0.1, -0.05) is 48.5 Å². The van der Waals surface area contributed by atoms with Crippen LogP contribution in [-0.4, -0.2) is 52.8 Å². The van der Waals surface area contributed by atoms with Gasteiger partial charge >= 0.3 is 17.9 Å². The summed E-state index contributed by atoms with van der Waals surface area (Å²) >= 11 is 0. The number of esters is 3. The lowest BCUT2D eigenvalue weighted by Gasteiger charge is -2.26. The molecule has 1 aromatic heterocycles. The number of hydrogen-bond acceptors (Lipinski definition) is 10. The number of rotatable bonds is 7. The number of nitrogens with zero attached hydrogens (tertiary/aromatic N) is 2. The highest BCUT2D eigenvalue weighted by Crippen LogP contribution is 2.37. The second kappa shape index (κ2) is 10.5. The van der Waals surface area contributed by atoms with Gasteiger partial charge in [-0.2, -0.15) is 4.98 Å². The molecule has 0 bridgehead atoms. The second-order valence-corrected chi connectivity index (χ2v) is 7.95. The lowest BCUT2D eigenvalue weighted by atomic mass is 9.95. The molecule has 2 N–H and O–H groups in total. The van der Waals surface area contributed by atoms with Gasteiger partial charge in [0.05, 0.1) is 12.7 Å². The Labute approximate surface area is 205 Å². The van der Waals surface area contributed by atoms with Gasteiger partial charge < -0.3 is 19.3 Å². The number of halogens is 1. The average Bonchev–Trinajstić information content (AvgIpc) is 3.31. The molecule has 0 spiro atoms. The van der Waals surface area contributed by atoms with Gasteiger partial charge in [0.15, 0.2) is 17.1 Å². The molecule has 2 heterocycles. The van der Waals surface area contributed by atoms with Gasteiger partial charge in [0.1, 0.15) is 12.8 Å². The predicted molar refractivity (Wildman–Crippen MR) is 122 cm³/mol. The molecule has 0 amide bonds. The Morgan fingerprint density at radius 1 is 1.06 bits per heavy atom. The number of aromatic nitrogens is 2. The van der Waals surface area contributed by atoms with Crippen LogP contribution in [0.5, 0.6) is 11.6 Å². The number of aromatic hydroxyl groups is 1. The lowest BCUT2D eigenvalue weighted by molar-refractivity contribution is -0.153. The minimum absolute atomic E-state index is 0.108. The van der Waals surface area contributed by atoms with Gasteiger partial charge in [0.25, 0.3) is 5.88 Å². The SMILES string of the molecule is COC(=O)c1nc([C@]2(C(=O)OCc3ccccc3)C[C@H](F)CN2)nc(O)c1OC(=O)c1ccccc1. The van der Waals surface area contributed by atoms with E-state index in [2.05, 4.69) is 15.3 Å². The van der Waals surface area contributed by atoms with E-state index in [4.69, 9.17) is 14.2 Å². The topological polar surface area (TPSA) is 137 Å². The van der Waals surface area contributed by atoms with Crippen molar-refractivity contribution < 1.29 is 38.1 Å². The first-order valence-electron chi connectivity index (χ1n) is 10.9. The third kappa shape index (κ3) is 5.01. The average molecular weight is 495 g/mol. The van der Waals surface area contributed by atoms with Gasteiger partial charge in [-0.25, -0.2) is 23.8 Å². The zero-order valence-corrected chi connectivity index (χ0v) is 19.1. The highest BCUT2D eigenvalue weighted by Gasteiger charge is 2.52. The summed E-state index contributed by atoms with van der Waals surface area (Å²) in [4.78, 5) is 46.2. The van der Waals surface area contributed by atoms with E-state index in [9.17, 15) is 23.9 Å². The first-order chi connectivity index (χ1) is 17.3. The molecule has 10 nitrogen and oxygen atoms in total. The van der Waals surface area contributed by atoms with E-state index in [1.807, 2.05) is 0 Å². The zero-order valence-electron chi connectivity index (χ0n) is 19.1. The van der Waals surface area contributed by atoms with Crippen molar-refractivity contribution in [1.82, 2.24) is 15.3 Å². The number of methoxy groups -OCH3 is 1. The smallest absolute Gasteiger partial charge is 0.360 e. The van der Waals surface area contributed by atoms with E-state index < -0.39 is 59.2 Å². The van der Waals surface area contributed by atoms with Gasteiger partial charge in [0.2, 0.25) is 5.75 Å². The van der Waals surface area contributed by atoms with Crippen LogP contribution in [-0.2, 0) is 26.4 Å². The Kier molecular flexibility index (Phi) is 7.20. The van der Waals surface area contributed by atoms with Crippen molar-refractivity contribution in [2.45, 2.75) is 24.7 Å². The molecule has 3 aromatic rings. The normalized spacial score (nSPS) is 18.9. The van der Waals surface area contributed by atoms with Crippen LogP contribution in [0.2, 0.25) is 0 Å². The maximum atomic E-state index is 14.3. The van der Waals surface area contributed by atoms with Crippen LogP contribution in [0.4, 0.5) is 4.39 Å². The number of ether oxygens (including phenoxy) is 3. The summed E-state index contributed by atoms with van der Waals surface area (Å²) in [5, 5.41) is 13.4. The van der Waals surface area contributed by atoms with Gasteiger partial charge in [0, 0.05) is 13.0 Å². The molecule has 2 aromatic carbocycles. The molecule has 0 saturated carbocycles. The highest BCUT2D eigenvalue weighted by atomic mass is 19.1. The van der Waals surface area contributed by atoms with Crippen LogP contribution < -0.4 is 10.1 Å². The molecule has 4 rings (SSSR count). The summed E-state index contributed by atoms with van der Waals surface area (Å²) in [6, 6.07) is 16.6. The second-order valence-electron chi connectivity index (χ2n) is 7.95. The quantitative estimate of drug-likeness (QED) is 0.470. The Bertz CT molecular complexity index is 1270. The van der Waals surface area contributed by atoms with Crippen molar-refractivity contribution in [2.75, 3.05) is 13.7 Å². The van der Waals surface area contributed by atoms with Crippen LogP contribution >= 0.6 is 0 Å². The van der Waals surface area contributed by atoms with Crippen LogP contribution in [0.1, 0.15) is 38.7 Å². The number of benzene rings is 2. The first kappa shape index (κ1) is 24.7. The third-order valence-corrected chi connectivity index (χ3v) is 5.53. The molecule has 1 aliphatic heterocycles. The van der Waals surface area contributed by atoms with E-state index in [0.29, 0.717) is 5.56 Å². The van der Waals surface area contributed by atoms with Crippen LogP contribution in [0.15, 0.2) is 60.7 Å². The number of carbonyl (C=O) groups is 3. The zero-order chi connectivity index (χ0) is 25.7. The Balaban J connectivity index is 1.70. The summed E-state index contributed by atoms with van der Waals surface area (Å²) in [5.74, 6) is -4.89. The molecule has 2 atom stereocenters. The van der Waals surface area contributed by atoms with E-state index in [1.54, 1.807) is 48.5 Å². The number of alkyl halides is 1. The summed E-state index contributed by atoms with van der Waals surface area (Å²) in [6.45, 7) is -0.328. The minimum atomic E-state index is -1.91. The van der Waals surface area contributed by atoms with Crippen molar-refractivity contribution >= 4 is 17.9 Å². The number of hydrogen-bond donors (Lipinski definition) is 2. The van der Waals surface area contributed by atoms with Gasteiger partial charge in [-0.3, -0.25) is 5.32 Å². The fraction of sp³-hybridized carbons (Fsp3) is 0.240. The molecule has 0 radical (unpaired) electrons. The van der Waals surface area contributed by atoms with Crippen molar-refractivity contribution in [2.24, 2.45) is 0 Å². The molecule has 0 unspecified atom stereocenters. The molecular formula is C25H22FN3O7. The summed E-state index contributed by atoms with van der Waals surface area (Å²) in [7, 11) is 1.05. The Hall–Kier alpha value is -4.38. The van der Waals surface area contributed by atoms with E-state index in [1.165, 1.54) is 12.1 Å². The van der Waals surface area contributed by atoms with Gasteiger partial charge in [-0.15, -0.1) is 0 Å². The fourth-order valence-electron chi connectivity index (χ4n) is 3.71. The van der Waals surface area contributed by atoms with E-state index in [0.717, 1.165) is 7.11 Å². The number of nitrogens with one attached hydrogen (secondary N) is 1. The Morgan fingerprint density at radius 3 is 2.33 bits per heavy atom. The highest BCUT2D eigenvalue weighted by molar-refractivity contribution is 5.96. The molecule has 1 fully saturated rings. The van der Waals surface area contributed by atoms with Crippen LogP contribution in [0.25, 0.3) is 0 Å². The standard InChI is InChI=1S/C25H22FN3O7/c1-34-22(32)18-19(36-21(31)16-10-6-3-7-11-16)20(30)29-23(28-18)25(12-17(26)13-27-25)24(33)35-14-15-8-4-2-5-9-15/h2-11,17,27H,12-14H2,1H3,(H,28,29,30)/t17-,25-/m0/s1. The molecule has 11 heteroatoms. The number of carbonyl (C=O) groups excluding carboxylic acids is 3. The molecule has 0 aliphatic carbocycles. The maximum Gasteiger partial charge on any atom is 0.360 e. The van der Waals surface area contributed by atoms with Crippen molar-refractivity contribution in [1.29, 1.82) is 0 Å². The fourth-order valence-corrected chi connectivity index (χ4v) is 3.71. The summed E-state index contributed by atoms with van der Waals surface area (Å²) in [5.41, 5.74) is -1.70. The summed E-state index contributed by atoms with van der Waals surface area (Å²) in [6.07, 6.45) is -1.87. The summed E-state index contributed by atoms with van der Waals surface area (Å²) < 4.78 is 29.7. The molecule has 1 saturated heterocycles.